The molecule has 0 bridgehead atoms. The predicted molar refractivity (Wildman–Crippen MR) is 120 cm³/mol. The lowest BCUT2D eigenvalue weighted by molar-refractivity contribution is 0.718. The number of nitrogen functional groups attached to an aromatic ring is 2. The number of aromatic amines is 1. The van der Waals surface area contributed by atoms with Gasteiger partial charge in [0.05, 0.1) is 32.6 Å². The molecule has 1 aromatic carbocycles. The van der Waals surface area contributed by atoms with Crippen molar-refractivity contribution in [2.24, 2.45) is 0 Å². The molecule has 0 saturated heterocycles. The SMILES string of the molecule is C[C@H](Nc1nc(N)nc(N)c1C#N)c1nc2cccc(Cl)c2c(=O)n1-c1[nH]ncc1Br. The summed E-state index contributed by atoms with van der Waals surface area (Å²) in [4.78, 5) is 25.9. The lowest BCUT2D eigenvalue weighted by atomic mass is 10.2. The molecule has 3 aromatic heterocycles. The third kappa shape index (κ3) is 3.54. The van der Waals surface area contributed by atoms with Crippen molar-refractivity contribution in [2.45, 2.75) is 13.0 Å². The normalized spacial score (nSPS) is 11.9. The first-order chi connectivity index (χ1) is 14.8. The lowest BCUT2D eigenvalue weighted by Crippen LogP contribution is -2.28. The Hall–Kier alpha value is -3.69. The predicted octanol–water partition coefficient (Wildman–Crippen LogP) is 2.52. The molecule has 0 aliphatic carbocycles. The van der Waals surface area contributed by atoms with Crippen LogP contribution in [0.4, 0.5) is 17.6 Å². The van der Waals surface area contributed by atoms with Crippen molar-refractivity contribution in [1.82, 2.24) is 29.7 Å². The van der Waals surface area contributed by atoms with Crippen LogP contribution in [0.2, 0.25) is 5.02 Å². The molecular weight excluding hydrogens is 488 g/mol. The van der Waals surface area contributed by atoms with E-state index in [0.717, 1.165) is 0 Å². The smallest absolute Gasteiger partial charge is 0.268 e. The fourth-order valence-corrected chi connectivity index (χ4v) is 3.73. The number of anilines is 3. The number of fused-ring (bicyclic) bond motifs is 1. The zero-order chi connectivity index (χ0) is 22.3. The van der Waals surface area contributed by atoms with Crippen LogP contribution in [0, 0.1) is 11.3 Å². The van der Waals surface area contributed by atoms with Crippen molar-refractivity contribution in [3.63, 3.8) is 0 Å². The molecule has 4 rings (SSSR count). The molecule has 0 radical (unpaired) electrons. The van der Waals surface area contributed by atoms with Crippen LogP contribution >= 0.6 is 27.5 Å². The average molecular weight is 502 g/mol. The van der Waals surface area contributed by atoms with Gasteiger partial charge in [0.15, 0.2) is 11.6 Å². The summed E-state index contributed by atoms with van der Waals surface area (Å²) >= 11 is 9.66. The molecule has 11 nitrogen and oxygen atoms in total. The molecule has 13 heteroatoms. The number of nitrogens with zero attached hydrogens (tertiary/aromatic N) is 6. The van der Waals surface area contributed by atoms with E-state index in [4.69, 9.17) is 23.1 Å². The molecule has 4 aromatic rings. The Morgan fingerprint density at radius 2 is 2.10 bits per heavy atom. The fourth-order valence-electron chi connectivity index (χ4n) is 3.12. The summed E-state index contributed by atoms with van der Waals surface area (Å²) in [7, 11) is 0. The Labute approximate surface area is 188 Å². The molecule has 0 aliphatic heterocycles. The molecule has 1 atom stereocenters. The number of aromatic nitrogens is 6. The summed E-state index contributed by atoms with van der Waals surface area (Å²) < 4.78 is 1.90. The Morgan fingerprint density at radius 3 is 2.77 bits per heavy atom. The van der Waals surface area contributed by atoms with E-state index in [1.807, 2.05) is 6.07 Å². The Kier molecular flexibility index (Phi) is 5.22. The van der Waals surface area contributed by atoms with Crippen LogP contribution in [-0.2, 0) is 0 Å². The Balaban J connectivity index is 1.95. The maximum absolute atomic E-state index is 13.4. The summed E-state index contributed by atoms with van der Waals surface area (Å²) in [6, 6.07) is 6.34. The van der Waals surface area contributed by atoms with Gasteiger partial charge in [-0.3, -0.25) is 9.89 Å². The third-order valence-corrected chi connectivity index (χ3v) is 5.37. The zero-order valence-corrected chi connectivity index (χ0v) is 18.2. The zero-order valence-electron chi connectivity index (χ0n) is 15.9. The van der Waals surface area contributed by atoms with E-state index in [2.05, 4.69) is 46.4 Å². The molecule has 0 saturated carbocycles. The van der Waals surface area contributed by atoms with E-state index in [1.54, 1.807) is 25.1 Å². The first-order valence-corrected chi connectivity index (χ1v) is 9.99. The van der Waals surface area contributed by atoms with Crippen LogP contribution in [-0.4, -0.2) is 29.7 Å². The summed E-state index contributed by atoms with van der Waals surface area (Å²) in [5.41, 5.74) is 11.5. The van der Waals surface area contributed by atoms with E-state index in [1.165, 1.54) is 10.8 Å². The highest BCUT2D eigenvalue weighted by Gasteiger charge is 2.23. The van der Waals surface area contributed by atoms with Gasteiger partial charge in [0, 0.05) is 0 Å². The number of hydrogen-bond acceptors (Lipinski definition) is 9. The highest BCUT2D eigenvalue weighted by Crippen LogP contribution is 2.27. The molecule has 6 N–H and O–H groups in total. The van der Waals surface area contributed by atoms with E-state index >= 15 is 0 Å². The minimum atomic E-state index is -0.618. The topological polar surface area (TPSA) is 177 Å². The van der Waals surface area contributed by atoms with Crippen LogP contribution in [0.3, 0.4) is 0 Å². The van der Waals surface area contributed by atoms with Gasteiger partial charge >= 0.3 is 0 Å². The van der Waals surface area contributed by atoms with Crippen molar-refractivity contribution in [3.8, 4) is 11.9 Å². The van der Waals surface area contributed by atoms with Gasteiger partial charge in [0.25, 0.3) is 5.56 Å². The first-order valence-electron chi connectivity index (χ1n) is 8.81. The minimum absolute atomic E-state index is 0.0292. The van der Waals surface area contributed by atoms with Gasteiger partial charge < -0.3 is 16.8 Å². The van der Waals surface area contributed by atoms with Crippen LogP contribution in [0.15, 0.2) is 33.7 Å². The second kappa shape index (κ2) is 7.86. The largest absolute Gasteiger partial charge is 0.382 e. The van der Waals surface area contributed by atoms with Crippen molar-refractivity contribution in [3.05, 3.63) is 55.6 Å². The lowest BCUT2D eigenvalue weighted by Gasteiger charge is -2.20. The maximum atomic E-state index is 13.4. The quantitative estimate of drug-likeness (QED) is 0.327. The monoisotopic (exact) mass is 500 g/mol. The van der Waals surface area contributed by atoms with Gasteiger partial charge in [0.1, 0.15) is 23.3 Å². The van der Waals surface area contributed by atoms with Gasteiger partial charge in [-0.1, -0.05) is 17.7 Å². The molecule has 0 aliphatic rings. The van der Waals surface area contributed by atoms with Gasteiger partial charge in [-0.25, -0.2) is 9.55 Å². The van der Waals surface area contributed by atoms with Crippen LogP contribution in [0.25, 0.3) is 16.7 Å². The standard InChI is InChI=1S/C18H14BrClN10O/c1-7(25-14-8(5-21)13(22)27-18(23)28-14)15-26-11-4-2-3-10(20)12(11)17(31)30(15)16-9(19)6-24-29-16/h2-4,6-7H,1H3,(H,24,29)(H5,22,23,25,27,28)/t7-/m0/s1. The maximum Gasteiger partial charge on any atom is 0.268 e. The molecule has 0 spiro atoms. The van der Waals surface area contributed by atoms with Gasteiger partial charge in [-0.05, 0) is 35.0 Å². The number of H-pyrrole nitrogens is 1. The third-order valence-electron chi connectivity index (χ3n) is 4.48. The van der Waals surface area contributed by atoms with Crippen LogP contribution in [0.5, 0.6) is 0 Å². The van der Waals surface area contributed by atoms with E-state index in [0.29, 0.717) is 21.6 Å². The highest BCUT2D eigenvalue weighted by molar-refractivity contribution is 9.10. The summed E-state index contributed by atoms with van der Waals surface area (Å²) in [5.74, 6) is 0.639. The van der Waals surface area contributed by atoms with Crippen LogP contribution in [0.1, 0.15) is 24.4 Å². The summed E-state index contributed by atoms with van der Waals surface area (Å²) in [6.07, 6.45) is 1.51. The second-order valence-electron chi connectivity index (χ2n) is 6.48. The highest BCUT2D eigenvalue weighted by atomic mass is 79.9. The van der Waals surface area contributed by atoms with Crippen molar-refractivity contribution in [1.29, 1.82) is 5.26 Å². The van der Waals surface area contributed by atoms with Crippen LogP contribution < -0.4 is 22.3 Å². The van der Waals surface area contributed by atoms with E-state index in [-0.39, 0.29) is 33.6 Å². The first kappa shape index (κ1) is 20.6. The number of nitrogens with one attached hydrogen (secondary N) is 2. The molecule has 0 amide bonds. The van der Waals surface area contributed by atoms with Crippen molar-refractivity contribution >= 4 is 56.0 Å². The number of hydrogen-bond donors (Lipinski definition) is 4. The number of halogens is 2. The number of nitrogens with two attached hydrogens (primary N) is 2. The molecule has 3 heterocycles. The Bertz CT molecular complexity index is 1420. The number of nitriles is 1. The van der Waals surface area contributed by atoms with Gasteiger partial charge in [0.2, 0.25) is 5.95 Å². The van der Waals surface area contributed by atoms with E-state index < -0.39 is 11.6 Å². The van der Waals surface area contributed by atoms with Gasteiger partial charge in [-0.15, -0.1) is 0 Å². The average Bonchev–Trinajstić information content (AvgIpc) is 3.13. The molecule has 156 valence electrons. The molecular formula is C18H14BrClN10O. The van der Waals surface area contributed by atoms with Gasteiger partial charge in [-0.2, -0.15) is 20.3 Å². The second-order valence-corrected chi connectivity index (χ2v) is 7.74. The summed E-state index contributed by atoms with van der Waals surface area (Å²) in [5, 5.41) is 19.8. The van der Waals surface area contributed by atoms with E-state index in [9.17, 15) is 10.1 Å². The molecule has 31 heavy (non-hydrogen) atoms. The fraction of sp³-hybridized carbons (Fsp3) is 0.111. The minimum Gasteiger partial charge on any atom is -0.382 e. The Morgan fingerprint density at radius 1 is 1.32 bits per heavy atom. The molecule has 0 unspecified atom stereocenters. The summed E-state index contributed by atoms with van der Waals surface area (Å²) in [6.45, 7) is 1.74. The van der Waals surface area contributed by atoms with Crippen molar-refractivity contribution in [2.75, 3.05) is 16.8 Å². The number of benzene rings is 1. The van der Waals surface area contributed by atoms with Crippen molar-refractivity contribution < 1.29 is 0 Å². The molecule has 0 fully saturated rings. The number of rotatable bonds is 4.